The van der Waals surface area contributed by atoms with E-state index < -0.39 is 0 Å². The Labute approximate surface area is 271 Å². The lowest BCUT2D eigenvalue weighted by atomic mass is 10.0. The van der Waals surface area contributed by atoms with Crippen molar-refractivity contribution in [3.05, 3.63) is 0 Å². The fourth-order valence-corrected chi connectivity index (χ4v) is 5.99. The second-order valence-corrected chi connectivity index (χ2v) is 13.6. The highest BCUT2D eigenvalue weighted by molar-refractivity contribution is 5.67. The molecule has 4 heteroatoms. The predicted molar refractivity (Wildman–Crippen MR) is 189 cm³/mol. The van der Waals surface area contributed by atoms with Crippen LogP contribution in [0.1, 0.15) is 220 Å². The lowest BCUT2D eigenvalue weighted by molar-refractivity contribution is 0.0720. The Balaban J connectivity index is 3.98. The summed E-state index contributed by atoms with van der Waals surface area (Å²) in [6.07, 6.45) is 40.0. The van der Waals surface area contributed by atoms with Crippen LogP contribution in [0.3, 0.4) is 0 Å². The van der Waals surface area contributed by atoms with Crippen molar-refractivity contribution in [3.8, 4) is 0 Å². The molecular weight excluding hydrogens is 530 g/mol. The number of nitrogens with one attached hydrogen (secondary N) is 1. The van der Waals surface area contributed by atoms with E-state index in [4.69, 9.17) is 9.47 Å². The maximum absolute atomic E-state index is 12.5. The van der Waals surface area contributed by atoms with E-state index in [1.165, 1.54) is 173 Å². The standard InChI is InChI=1S/C39H79NO3/c1-5-7-9-11-13-15-17-19-20-21-23-25-27-29-31-34-38(43-39(41)40-35-32-36-42-37(3)4)33-30-28-26-24-22-18-16-14-12-10-8-6-2/h37-38H,5-36H2,1-4H3,(H,40,41). The Morgan fingerprint density at radius 1 is 0.488 bits per heavy atom. The van der Waals surface area contributed by atoms with Gasteiger partial charge in [-0.25, -0.2) is 4.79 Å². The maximum atomic E-state index is 12.5. The number of ether oxygens (including phenoxy) is 2. The first-order chi connectivity index (χ1) is 21.1. The topological polar surface area (TPSA) is 47.6 Å². The molecule has 0 aromatic rings. The van der Waals surface area contributed by atoms with Gasteiger partial charge in [-0.1, -0.05) is 174 Å². The van der Waals surface area contributed by atoms with Crippen molar-refractivity contribution in [2.24, 2.45) is 0 Å². The molecule has 0 bridgehead atoms. The van der Waals surface area contributed by atoms with Crippen molar-refractivity contribution in [1.82, 2.24) is 5.32 Å². The van der Waals surface area contributed by atoms with E-state index in [0.717, 1.165) is 19.3 Å². The molecule has 0 saturated carbocycles. The third kappa shape index (κ3) is 35.6. The molecular formula is C39H79NO3. The number of carbonyl (C=O) groups excluding carboxylic acids is 1. The summed E-state index contributed by atoms with van der Waals surface area (Å²) < 4.78 is 11.5. The van der Waals surface area contributed by atoms with E-state index in [1.807, 2.05) is 13.8 Å². The molecule has 0 aromatic heterocycles. The number of unbranched alkanes of at least 4 members (excludes halogenated alkanes) is 25. The predicted octanol–water partition coefficient (Wildman–Crippen LogP) is 13.2. The lowest BCUT2D eigenvalue weighted by Gasteiger charge is -2.18. The van der Waals surface area contributed by atoms with Crippen LogP contribution in [0.5, 0.6) is 0 Å². The number of hydrogen-bond acceptors (Lipinski definition) is 3. The maximum Gasteiger partial charge on any atom is 0.407 e. The van der Waals surface area contributed by atoms with Crippen molar-refractivity contribution in [2.45, 2.75) is 233 Å². The van der Waals surface area contributed by atoms with Gasteiger partial charge in [0.1, 0.15) is 6.10 Å². The van der Waals surface area contributed by atoms with Gasteiger partial charge in [-0.15, -0.1) is 0 Å². The number of rotatable bonds is 35. The molecule has 0 spiro atoms. The van der Waals surface area contributed by atoms with Crippen LogP contribution in [0.2, 0.25) is 0 Å². The average Bonchev–Trinajstić information content (AvgIpc) is 2.99. The minimum atomic E-state index is -0.241. The van der Waals surface area contributed by atoms with Gasteiger partial charge in [0.05, 0.1) is 6.10 Å². The molecule has 1 unspecified atom stereocenters. The van der Waals surface area contributed by atoms with Crippen molar-refractivity contribution in [1.29, 1.82) is 0 Å². The van der Waals surface area contributed by atoms with Gasteiger partial charge in [0, 0.05) is 13.2 Å². The smallest absolute Gasteiger partial charge is 0.407 e. The largest absolute Gasteiger partial charge is 0.446 e. The first kappa shape index (κ1) is 42.2. The highest BCUT2D eigenvalue weighted by Gasteiger charge is 2.14. The molecule has 0 fully saturated rings. The zero-order chi connectivity index (χ0) is 31.5. The SMILES string of the molecule is CCCCCCCCCCCCCCCCCC(CCCCCCCCCCCCCC)OC(=O)NCCCOC(C)C. The monoisotopic (exact) mass is 610 g/mol. The first-order valence-electron chi connectivity index (χ1n) is 19.7. The summed E-state index contributed by atoms with van der Waals surface area (Å²) in [5.41, 5.74) is 0. The van der Waals surface area contributed by atoms with Gasteiger partial charge in [0.2, 0.25) is 0 Å². The molecule has 0 radical (unpaired) electrons. The van der Waals surface area contributed by atoms with E-state index in [9.17, 15) is 4.79 Å². The summed E-state index contributed by atoms with van der Waals surface area (Å²) in [5.74, 6) is 0. The fraction of sp³-hybridized carbons (Fsp3) is 0.974. The number of carbonyl (C=O) groups is 1. The van der Waals surface area contributed by atoms with Crippen molar-refractivity contribution in [2.75, 3.05) is 13.2 Å². The van der Waals surface area contributed by atoms with Gasteiger partial charge in [0.15, 0.2) is 0 Å². The molecule has 1 N–H and O–H groups in total. The molecule has 4 nitrogen and oxygen atoms in total. The fourth-order valence-electron chi connectivity index (χ4n) is 5.99. The first-order valence-corrected chi connectivity index (χ1v) is 19.7. The van der Waals surface area contributed by atoms with Gasteiger partial charge in [-0.05, 0) is 46.0 Å². The van der Waals surface area contributed by atoms with Crippen LogP contribution in [0.15, 0.2) is 0 Å². The summed E-state index contributed by atoms with van der Waals surface area (Å²) >= 11 is 0. The molecule has 258 valence electrons. The van der Waals surface area contributed by atoms with Gasteiger partial charge < -0.3 is 14.8 Å². The third-order valence-corrected chi connectivity index (χ3v) is 8.82. The Morgan fingerprint density at radius 2 is 0.814 bits per heavy atom. The Morgan fingerprint density at radius 3 is 1.14 bits per heavy atom. The zero-order valence-corrected chi connectivity index (χ0v) is 30.0. The van der Waals surface area contributed by atoms with Crippen LogP contribution in [-0.2, 0) is 9.47 Å². The lowest BCUT2D eigenvalue weighted by Crippen LogP contribution is -2.30. The number of alkyl carbamates (subject to hydrolysis) is 1. The molecule has 0 rings (SSSR count). The molecule has 43 heavy (non-hydrogen) atoms. The number of hydrogen-bond donors (Lipinski definition) is 1. The molecule has 0 aliphatic carbocycles. The van der Waals surface area contributed by atoms with E-state index in [2.05, 4.69) is 19.2 Å². The van der Waals surface area contributed by atoms with Crippen LogP contribution in [-0.4, -0.2) is 31.5 Å². The third-order valence-electron chi connectivity index (χ3n) is 8.82. The minimum Gasteiger partial charge on any atom is -0.446 e. The summed E-state index contributed by atoms with van der Waals surface area (Å²) in [4.78, 5) is 12.5. The van der Waals surface area contributed by atoms with Crippen LogP contribution in [0, 0.1) is 0 Å². The Bertz CT molecular complexity index is 539. The summed E-state index contributed by atoms with van der Waals surface area (Å²) in [6.45, 7) is 9.96. The van der Waals surface area contributed by atoms with Crippen molar-refractivity contribution in [3.63, 3.8) is 0 Å². The summed E-state index contributed by atoms with van der Waals surface area (Å²) in [7, 11) is 0. The molecule has 0 aliphatic heterocycles. The van der Waals surface area contributed by atoms with Gasteiger partial charge in [-0.2, -0.15) is 0 Å². The van der Waals surface area contributed by atoms with Gasteiger partial charge in [0.25, 0.3) is 0 Å². The van der Waals surface area contributed by atoms with E-state index >= 15 is 0 Å². The highest BCUT2D eigenvalue weighted by atomic mass is 16.6. The zero-order valence-electron chi connectivity index (χ0n) is 30.0. The van der Waals surface area contributed by atoms with E-state index in [1.54, 1.807) is 0 Å². The quantitative estimate of drug-likeness (QED) is 0.0727. The second-order valence-electron chi connectivity index (χ2n) is 13.6. The van der Waals surface area contributed by atoms with Crippen LogP contribution in [0.25, 0.3) is 0 Å². The molecule has 0 heterocycles. The molecule has 0 aromatic carbocycles. The highest BCUT2D eigenvalue weighted by Crippen LogP contribution is 2.18. The molecule has 1 amide bonds. The van der Waals surface area contributed by atoms with E-state index in [-0.39, 0.29) is 18.3 Å². The van der Waals surface area contributed by atoms with Gasteiger partial charge in [-0.3, -0.25) is 0 Å². The van der Waals surface area contributed by atoms with Crippen molar-refractivity contribution >= 4 is 6.09 Å². The Hall–Kier alpha value is -0.770. The van der Waals surface area contributed by atoms with Gasteiger partial charge >= 0.3 is 6.09 Å². The summed E-state index contributed by atoms with van der Waals surface area (Å²) in [6, 6.07) is 0. The van der Waals surface area contributed by atoms with Crippen LogP contribution < -0.4 is 5.32 Å². The van der Waals surface area contributed by atoms with E-state index in [0.29, 0.717) is 13.2 Å². The van der Waals surface area contributed by atoms with Crippen LogP contribution in [0.4, 0.5) is 4.79 Å². The molecule has 1 atom stereocenters. The Kier molecular flexibility index (Phi) is 35.1. The molecule has 0 aliphatic rings. The average molecular weight is 610 g/mol. The normalized spacial score (nSPS) is 12.2. The minimum absolute atomic E-state index is 0.0667. The summed E-state index contributed by atoms with van der Waals surface area (Å²) in [5, 5.41) is 2.95. The molecule has 0 saturated heterocycles. The second kappa shape index (κ2) is 35.7. The van der Waals surface area contributed by atoms with Crippen LogP contribution >= 0.6 is 0 Å². The number of amides is 1. The van der Waals surface area contributed by atoms with Crippen molar-refractivity contribution < 1.29 is 14.3 Å².